The Labute approximate surface area is 75.0 Å². The summed E-state index contributed by atoms with van der Waals surface area (Å²) in [4.78, 5) is 11.3. The zero-order valence-electron chi connectivity index (χ0n) is 8.93. The lowest BCUT2D eigenvalue weighted by atomic mass is 9.68. The molecule has 0 radical (unpaired) electrons. The number of carbonyl (C=O) groups excluding carboxylic acids is 1. The summed E-state index contributed by atoms with van der Waals surface area (Å²) in [6.45, 7) is 10.7. The summed E-state index contributed by atoms with van der Waals surface area (Å²) in [7, 11) is 0. The third-order valence-corrected chi connectivity index (χ3v) is 3.27. The van der Waals surface area contributed by atoms with E-state index < -0.39 is 11.0 Å². The van der Waals surface area contributed by atoms with Crippen molar-refractivity contribution in [3.8, 4) is 0 Å². The second-order valence-corrected chi connectivity index (χ2v) is 4.48. The summed E-state index contributed by atoms with van der Waals surface area (Å²) in [6.07, 6.45) is 0. The molecular weight excluding hydrogens is 152 g/mol. The molecule has 0 saturated heterocycles. The fourth-order valence-corrected chi connectivity index (χ4v) is 1.08. The molecule has 0 saturated carbocycles. The van der Waals surface area contributed by atoms with E-state index >= 15 is 0 Å². The van der Waals surface area contributed by atoms with Gasteiger partial charge >= 0.3 is 0 Å². The predicted molar refractivity (Wildman–Crippen MR) is 49.9 cm³/mol. The molecule has 1 N–H and O–H groups in total. The molecule has 1 atom stereocenters. The van der Waals surface area contributed by atoms with Gasteiger partial charge in [-0.25, -0.2) is 0 Å². The van der Waals surface area contributed by atoms with Crippen LogP contribution in [0.5, 0.6) is 0 Å². The van der Waals surface area contributed by atoms with Crippen LogP contribution >= 0.6 is 0 Å². The molecule has 0 aromatic carbocycles. The fourth-order valence-electron chi connectivity index (χ4n) is 1.08. The summed E-state index contributed by atoms with van der Waals surface area (Å²) in [5.41, 5.74) is -1.60. The number of hydrogen-bond donors (Lipinski definition) is 1. The predicted octanol–water partition coefficient (Wildman–Crippen LogP) is 2.01. The molecule has 0 fully saturated rings. The van der Waals surface area contributed by atoms with Crippen LogP contribution in [0.25, 0.3) is 0 Å². The Morgan fingerprint density at radius 2 is 1.58 bits per heavy atom. The lowest BCUT2D eigenvalue weighted by Gasteiger charge is -2.41. The Hall–Kier alpha value is -0.370. The first-order valence-electron chi connectivity index (χ1n) is 4.37. The summed E-state index contributed by atoms with van der Waals surface area (Å²) in [5.74, 6) is 0.109. The summed E-state index contributed by atoms with van der Waals surface area (Å²) in [6, 6.07) is 0. The van der Waals surface area contributed by atoms with Crippen LogP contribution in [0.15, 0.2) is 0 Å². The second-order valence-electron chi connectivity index (χ2n) is 4.48. The van der Waals surface area contributed by atoms with Crippen LogP contribution in [0.4, 0.5) is 0 Å². The third kappa shape index (κ3) is 1.69. The van der Waals surface area contributed by atoms with E-state index in [4.69, 9.17) is 0 Å². The van der Waals surface area contributed by atoms with Gasteiger partial charge < -0.3 is 5.11 Å². The van der Waals surface area contributed by atoms with Gasteiger partial charge in [-0.2, -0.15) is 0 Å². The van der Waals surface area contributed by atoms with Crippen molar-refractivity contribution in [1.82, 2.24) is 0 Å². The molecule has 0 bridgehead atoms. The first-order chi connectivity index (χ1) is 5.14. The molecule has 0 aromatic heterocycles. The van der Waals surface area contributed by atoms with Crippen molar-refractivity contribution in [3.63, 3.8) is 0 Å². The molecule has 1 unspecified atom stereocenters. The topological polar surface area (TPSA) is 37.3 Å². The maximum atomic E-state index is 11.3. The minimum absolute atomic E-state index is 0.0289. The summed E-state index contributed by atoms with van der Waals surface area (Å²) < 4.78 is 0. The van der Waals surface area contributed by atoms with Gasteiger partial charge in [0.2, 0.25) is 0 Å². The van der Waals surface area contributed by atoms with E-state index in [1.165, 1.54) is 6.92 Å². The number of aliphatic hydroxyl groups is 1. The van der Waals surface area contributed by atoms with Crippen molar-refractivity contribution in [1.29, 1.82) is 0 Å². The number of Topliss-reactive ketones (excluding diaryl/α,β-unsaturated/α-hetero) is 1. The van der Waals surface area contributed by atoms with Gasteiger partial charge in [0.25, 0.3) is 0 Å². The minimum atomic E-state index is -0.932. The monoisotopic (exact) mass is 172 g/mol. The van der Waals surface area contributed by atoms with Gasteiger partial charge in [0, 0.05) is 0 Å². The van der Waals surface area contributed by atoms with E-state index in [1.54, 1.807) is 20.8 Å². The molecule has 0 aromatic rings. The lowest BCUT2D eigenvalue weighted by molar-refractivity contribution is -0.145. The standard InChI is InChI=1S/C10H20O2/c1-7(2)10(6,12)9(4,5)8(3)11/h7,12H,1-6H3. The molecule has 0 aliphatic rings. The van der Waals surface area contributed by atoms with E-state index in [0.717, 1.165) is 0 Å². The Bertz CT molecular complexity index is 178. The van der Waals surface area contributed by atoms with Crippen molar-refractivity contribution >= 4 is 5.78 Å². The van der Waals surface area contributed by atoms with Crippen molar-refractivity contribution in [2.24, 2.45) is 11.3 Å². The Kier molecular flexibility index (Phi) is 3.07. The van der Waals surface area contributed by atoms with Crippen LogP contribution in [0.3, 0.4) is 0 Å². The van der Waals surface area contributed by atoms with Crippen LogP contribution in [0.2, 0.25) is 0 Å². The van der Waals surface area contributed by atoms with E-state index in [1.807, 2.05) is 13.8 Å². The maximum absolute atomic E-state index is 11.3. The summed E-state index contributed by atoms with van der Waals surface area (Å²) >= 11 is 0. The highest BCUT2D eigenvalue weighted by atomic mass is 16.3. The highest BCUT2D eigenvalue weighted by Gasteiger charge is 2.44. The van der Waals surface area contributed by atoms with Gasteiger partial charge in [0.1, 0.15) is 5.78 Å². The Morgan fingerprint density at radius 3 is 1.67 bits per heavy atom. The van der Waals surface area contributed by atoms with Crippen molar-refractivity contribution in [2.45, 2.75) is 47.1 Å². The highest BCUT2D eigenvalue weighted by Crippen LogP contribution is 2.37. The van der Waals surface area contributed by atoms with Gasteiger partial charge in [0.05, 0.1) is 11.0 Å². The lowest BCUT2D eigenvalue weighted by Crippen LogP contribution is -2.50. The number of ketones is 1. The van der Waals surface area contributed by atoms with Crippen molar-refractivity contribution in [3.05, 3.63) is 0 Å². The van der Waals surface area contributed by atoms with E-state index in [0.29, 0.717) is 0 Å². The van der Waals surface area contributed by atoms with E-state index in [2.05, 4.69) is 0 Å². The number of carbonyl (C=O) groups is 1. The first-order valence-corrected chi connectivity index (χ1v) is 4.37. The van der Waals surface area contributed by atoms with Crippen molar-refractivity contribution in [2.75, 3.05) is 0 Å². The van der Waals surface area contributed by atoms with E-state index in [9.17, 15) is 9.90 Å². The molecule has 0 amide bonds. The quantitative estimate of drug-likeness (QED) is 0.707. The van der Waals surface area contributed by atoms with Gasteiger partial charge in [-0.3, -0.25) is 4.79 Å². The molecule has 0 rings (SSSR count). The van der Waals surface area contributed by atoms with Crippen LogP contribution in [0.1, 0.15) is 41.5 Å². The molecule has 0 spiro atoms. The average molecular weight is 172 g/mol. The van der Waals surface area contributed by atoms with Gasteiger partial charge in [-0.1, -0.05) is 27.7 Å². The first kappa shape index (κ1) is 11.6. The zero-order chi connectivity index (χ0) is 10.2. The van der Waals surface area contributed by atoms with Crippen molar-refractivity contribution < 1.29 is 9.90 Å². The van der Waals surface area contributed by atoms with Gasteiger partial charge in [-0.15, -0.1) is 0 Å². The maximum Gasteiger partial charge on any atom is 0.138 e. The van der Waals surface area contributed by atoms with Crippen LogP contribution in [-0.4, -0.2) is 16.5 Å². The highest BCUT2D eigenvalue weighted by molar-refractivity contribution is 5.82. The minimum Gasteiger partial charge on any atom is -0.389 e. The average Bonchev–Trinajstić information content (AvgIpc) is 1.86. The molecule has 12 heavy (non-hydrogen) atoms. The normalized spacial score (nSPS) is 17.7. The Morgan fingerprint density at radius 1 is 1.25 bits per heavy atom. The smallest absolute Gasteiger partial charge is 0.138 e. The largest absolute Gasteiger partial charge is 0.389 e. The second kappa shape index (κ2) is 3.17. The van der Waals surface area contributed by atoms with Crippen LogP contribution < -0.4 is 0 Å². The van der Waals surface area contributed by atoms with Gasteiger partial charge in [0.15, 0.2) is 0 Å². The third-order valence-electron chi connectivity index (χ3n) is 3.27. The molecular formula is C10H20O2. The molecule has 0 aliphatic carbocycles. The fraction of sp³-hybridized carbons (Fsp3) is 0.900. The molecule has 0 aliphatic heterocycles. The number of hydrogen-bond acceptors (Lipinski definition) is 2. The summed E-state index contributed by atoms with van der Waals surface area (Å²) in [5, 5.41) is 10.1. The molecule has 72 valence electrons. The molecule has 0 heterocycles. The molecule has 2 heteroatoms. The zero-order valence-corrected chi connectivity index (χ0v) is 8.93. The SMILES string of the molecule is CC(=O)C(C)(C)C(C)(O)C(C)C. The van der Waals surface area contributed by atoms with Crippen LogP contribution in [-0.2, 0) is 4.79 Å². The molecule has 2 nitrogen and oxygen atoms in total. The van der Waals surface area contributed by atoms with Crippen LogP contribution in [0, 0.1) is 11.3 Å². The number of rotatable bonds is 3. The van der Waals surface area contributed by atoms with E-state index in [-0.39, 0.29) is 11.7 Å². The Balaban J connectivity index is 4.88. The van der Waals surface area contributed by atoms with Gasteiger partial charge in [-0.05, 0) is 19.8 Å².